The lowest BCUT2D eigenvalue weighted by Crippen LogP contribution is -2.58. The summed E-state index contributed by atoms with van der Waals surface area (Å²) >= 11 is 9.32. The first-order valence-corrected chi connectivity index (χ1v) is 15.8. The second kappa shape index (κ2) is 6.72. The third kappa shape index (κ3) is 2.48. The van der Waals surface area contributed by atoms with Crippen molar-refractivity contribution in [2.45, 2.75) is 46.7 Å². The molecular weight excluding hydrogens is 409 g/mol. The molecule has 0 aromatic heterocycles. The van der Waals surface area contributed by atoms with Gasteiger partial charge in [0.2, 0.25) is 0 Å². The van der Waals surface area contributed by atoms with E-state index >= 15 is 0 Å². The molecule has 6 rings (SSSR count). The average molecular weight is 433 g/mol. The Hall–Kier alpha value is 1.84. The molecule has 0 N–H and O–H groups in total. The topological polar surface area (TPSA) is 0 Å². The molecule has 6 heteroatoms. The van der Waals surface area contributed by atoms with E-state index in [0.29, 0.717) is 0 Å². The summed E-state index contributed by atoms with van der Waals surface area (Å²) in [5, 5.41) is 3.73. The van der Waals surface area contributed by atoms with Crippen LogP contribution >= 0.6 is 68.6 Å². The summed E-state index contributed by atoms with van der Waals surface area (Å²) in [4.78, 5) is 0. The molecule has 0 spiro atoms. The molecule has 6 aliphatic rings. The maximum absolute atomic E-state index is 2.38. The summed E-state index contributed by atoms with van der Waals surface area (Å²) in [6, 6.07) is 0. The average Bonchev–Trinajstić information content (AvgIpc) is 2.97. The lowest BCUT2D eigenvalue weighted by Gasteiger charge is -2.60. The maximum atomic E-state index is 2.38. The van der Waals surface area contributed by atoms with Crippen LogP contribution in [0, 0.1) is 23.7 Å². The van der Waals surface area contributed by atoms with Gasteiger partial charge < -0.3 is 0 Å². The molecule has 0 nitrogen and oxygen atoms in total. The van der Waals surface area contributed by atoms with Crippen LogP contribution in [-0.4, -0.2) is 44.0 Å². The quantitative estimate of drug-likeness (QED) is 0.421. The van der Waals surface area contributed by atoms with Crippen molar-refractivity contribution < 1.29 is 0 Å². The Labute approximate surface area is 170 Å². The molecular formula is C18H24S6. The van der Waals surface area contributed by atoms with E-state index in [0.717, 1.165) is 44.7 Å². The van der Waals surface area contributed by atoms with Gasteiger partial charge >= 0.3 is 0 Å². The van der Waals surface area contributed by atoms with Crippen molar-refractivity contribution >= 4 is 68.6 Å². The Morgan fingerprint density at radius 1 is 0.750 bits per heavy atom. The molecule has 3 aliphatic carbocycles. The summed E-state index contributed by atoms with van der Waals surface area (Å²) in [5.41, 5.74) is 1.98. The zero-order valence-corrected chi connectivity index (χ0v) is 18.6. The number of fused-ring (bicyclic) bond motifs is 1. The Balaban J connectivity index is 1.52. The predicted molar refractivity (Wildman–Crippen MR) is 120 cm³/mol. The third-order valence-corrected chi connectivity index (χ3v) is 16.5. The van der Waals surface area contributed by atoms with Crippen molar-refractivity contribution in [1.82, 2.24) is 0 Å². The van der Waals surface area contributed by atoms with Gasteiger partial charge in [0.25, 0.3) is 0 Å². The number of rotatable bonds is 0. The smallest absolute Gasteiger partial charge is 0.0517 e. The minimum absolute atomic E-state index is 0.861. The zero-order chi connectivity index (χ0) is 15.7. The molecule has 0 radical (unpaired) electrons. The van der Waals surface area contributed by atoms with Gasteiger partial charge in [0, 0.05) is 44.0 Å². The molecule has 8 atom stereocenters. The number of hydrogen-bond acceptors (Lipinski definition) is 6. The third-order valence-electron chi connectivity index (χ3n) is 7.04. The van der Waals surface area contributed by atoms with Crippen molar-refractivity contribution in [3.8, 4) is 0 Å². The second-order valence-corrected chi connectivity index (χ2v) is 15.6. The molecule has 4 fully saturated rings. The normalized spacial score (nSPS) is 53.0. The van der Waals surface area contributed by atoms with Gasteiger partial charge in [-0.1, -0.05) is 21.6 Å². The van der Waals surface area contributed by atoms with E-state index < -0.39 is 0 Å². The highest BCUT2D eigenvalue weighted by Crippen LogP contribution is 2.68. The molecule has 0 bridgehead atoms. The Bertz CT molecular complexity index is 562. The van der Waals surface area contributed by atoms with Crippen LogP contribution in [0.4, 0.5) is 0 Å². The molecule has 0 aromatic carbocycles. The molecule has 132 valence electrons. The van der Waals surface area contributed by atoms with Crippen molar-refractivity contribution in [2.75, 3.05) is 23.0 Å². The molecule has 3 heterocycles. The van der Waals surface area contributed by atoms with Gasteiger partial charge in [0.1, 0.15) is 0 Å². The Kier molecular flexibility index (Phi) is 4.69. The summed E-state index contributed by atoms with van der Waals surface area (Å²) in [6.07, 6.45) is 6.12. The van der Waals surface area contributed by atoms with Crippen LogP contribution in [0.15, 0.2) is 9.81 Å². The number of hydrogen-bond donors (Lipinski definition) is 0. The van der Waals surface area contributed by atoms with Gasteiger partial charge in [-0.25, -0.2) is 0 Å². The summed E-state index contributed by atoms with van der Waals surface area (Å²) in [5.74, 6) is 9.63. The molecule has 3 saturated carbocycles. The van der Waals surface area contributed by atoms with Crippen LogP contribution in [0.2, 0.25) is 0 Å². The molecule has 3 aliphatic heterocycles. The highest BCUT2D eigenvalue weighted by atomic mass is 33.1. The van der Waals surface area contributed by atoms with E-state index in [1.54, 1.807) is 10.7 Å². The van der Waals surface area contributed by atoms with Crippen LogP contribution in [0.5, 0.6) is 0 Å². The lowest BCUT2D eigenvalue weighted by atomic mass is 9.54. The van der Waals surface area contributed by atoms with Crippen LogP contribution in [0.25, 0.3) is 0 Å². The molecule has 0 amide bonds. The molecule has 24 heavy (non-hydrogen) atoms. The fraction of sp³-hybridized carbons (Fsp3) is 0.889. The van der Waals surface area contributed by atoms with Gasteiger partial charge in [-0.2, -0.15) is 35.3 Å². The SMILES string of the molecule is C1CSC2C3=C(S1)SSC1CCC4CCC5SCCSC2C5C4C31. The Morgan fingerprint density at radius 2 is 1.58 bits per heavy atom. The first-order valence-electron chi connectivity index (χ1n) is 9.47. The van der Waals surface area contributed by atoms with Gasteiger partial charge in [-0.3, -0.25) is 0 Å². The van der Waals surface area contributed by atoms with Crippen molar-refractivity contribution in [1.29, 1.82) is 0 Å². The van der Waals surface area contributed by atoms with Crippen molar-refractivity contribution in [3.63, 3.8) is 0 Å². The summed E-state index contributed by atoms with van der Waals surface area (Å²) in [7, 11) is 4.45. The summed E-state index contributed by atoms with van der Waals surface area (Å²) in [6.45, 7) is 0. The van der Waals surface area contributed by atoms with Crippen LogP contribution < -0.4 is 0 Å². The fourth-order valence-corrected chi connectivity index (χ4v) is 16.6. The predicted octanol–water partition coefficient (Wildman–Crippen LogP) is 6.09. The highest BCUT2D eigenvalue weighted by Gasteiger charge is 2.60. The molecule has 8 unspecified atom stereocenters. The maximum Gasteiger partial charge on any atom is 0.0517 e. The standard InChI is InChI=1S/C18H24S6/c1-3-10-14-12-9(1)2-4-11-13(12)15-17(16(14)20-6-5-19-10)21-7-8-22-18(15)24-23-11/h9-14,16-17H,1-8H2. The lowest BCUT2D eigenvalue weighted by molar-refractivity contribution is 0.0544. The molecule has 0 aromatic rings. The van der Waals surface area contributed by atoms with Crippen LogP contribution in [0.3, 0.4) is 0 Å². The highest BCUT2D eigenvalue weighted by molar-refractivity contribution is 8.80. The largest absolute Gasteiger partial charge is 0.157 e. The number of thioether (sulfide) groups is 4. The van der Waals surface area contributed by atoms with Crippen LogP contribution in [0.1, 0.15) is 25.7 Å². The summed E-state index contributed by atoms with van der Waals surface area (Å²) < 4.78 is 1.77. The van der Waals surface area contributed by atoms with Gasteiger partial charge in [-0.05, 0) is 54.9 Å². The second-order valence-electron chi connectivity index (χ2n) is 7.94. The van der Waals surface area contributed by atoms with E-state index in [1.165, 1.54) is 42.3 Å². The minimum Gasteiger partial charge on any atom is -0.157 e. The van der Waals surface area contributed by atoms with E-state index in [1.807, 2.05) is 5.57 Å². The van der Waals surface area contributed by atoms with E-state index in [9.17, 15) is 0 Å². The first kappa shape index (κ1) is 16.8. The zero-order valence-electron chi connectivity index (χ0n) is 13.7. The van der Waals surface area contributed by atoms with Crippen LogP contribution in [-0.2, 0) is 0 Å². The van der Waals surface area contributed by atoms with Crippen molar-refractivity contribution in [2.24, 2.45) is 23.7 Å². The fourth-order valence-electron chi connectivity index (χ4n) is 6.30. The Morgan fingerprint density at radius 3 is 2.54 bits per heavy atom. The molecule has 1 saturated heterocycles. The van der Waals surface area contributed by atoms with Gasteiger partial charge in [-0.15, -0.1) is 11.8 Å². The van der Waals surface area contributed by atoms with Crippen molar-refractivity contribution in [3.05, 3.63) is 9.81 Å². The minimum atomic E-state index is 0.861. The van der Waals surface area contributed by atoms with Gasteiger partial charge in [0.15, 0.2) is 0 Å². The van der Waals surface area contributed by atoms with E-state index in [-0.39, 0.29) is 0 Å². The van der Waals surface area contributed by atoms with E-state index in [2.05, 4.69) is 68.6 Å². The first-order chi connectivity index (χ1) is 11.9. The monoisotopic (exact) mass is 432 g/mol. The van der Waals surface area contributed by atoms with Gasteiger partial charge in [0.05, 0.1) is 4.24 Å². The van der Waals surface area contributed by atoms with E-state index in [4.69, 9.17) is 0 Å².